The fraction of sp³-hybridized carbons (Fsp3) is 0.700. The zero-order chi connectivity index (χ0) is 15.1. The first-order valence-corrected chi connectivity index (χ1v) is 9.07. The van der Waals surface area contributed by atoms with Gasteiger partial charge in [-0.2, -0.15) is 0 Å². The van der Waals surface area contributed by atoms with Crippen LogP contribution < -0.4 is 5.32 Å². The van der Waals surface area contributed by atoms with Crippen molar-refractivity contribution in [1.82, 2.24) is 5.32 Å². The van der Waals surface area contributed by atoms with Gasteiger partial charge in [0.2, 0.25) is 0 Å². The summed E-state index contributed by atoms with van der Waals surface area (Å²) >= 11 is 0. The lowest BCUT2D eigenvalue weighted by molar-refractivity contribution is 0.317. The second-order valence-electron chi connectivity index (χ2n) is 6.66. The Kier molecular flexibility index (Phi) is 6.76. The van der Waals surface area contributed by atoms with E-state index in [2.05, 4.69) is 44.4 Å². The van der Waals surface area contributed by atoms with Crippen molar-refractivity contribution in [2.24, 2.45) is 5.92 Å². The molecule has 2 rings (SSSR count). The number of hydrogen-bond acceptors (Lipinski definition) is 1. The van der Waals surface area contributed by atoms with Gasteiger partial charge in [0, 0.05) is 6.04 Å². The van der Waals surface area contributed by atoms with Gasteiger partial charge in [-0.05, 0) is 55.3 Å². The topological polar surface area (TPSA) is 12.0 Å². The Balaban J connectivity index is 2.04. The molecular weight excluding hydrogens is 254 g/mol. The van der Waals surface area contributed by atoms with Crippen LogP contribution in [0.15, 0.2) is 18.2 Å². The van der Waals surface area contributed by atoms with E-state index < -0.39 is 0 Å². The Hall–Kier alpha value is -0.820. The zero-order valence-corrected chi connectivity index (χ0v) is 14.3. The summed E-state index contributed by atoms with van der Waals surface area (Å²) in [6, 6.07) is 7.63. The molecule has 1 N–H and O–H groups in total. The number of nitrogens with one attached hydrogen (secondary N) is 1. The van der Waals surface area contributed by atoms with Gasteiger partial charge in [0.1, 0.15) is 0 Å². The molecule has 0 amide bonds. The molecule has 1 unspecified atom stereocenters. The summed E-state index contributed by atoms with van der Waals surface area (Å²) in [5.74, 6) is 0.981. The molecule has 1 nitrogen and oxygen atoms in total. The minimum absolute atomic E-state index is 0.536. The smallest absolute Gasteiger partial charge is 0.0320 e. The fourth-order valence-corrected chi connectivity index (χ4v) is 3.84. The van der Waals surface area contributed by atoms with Gasteiger partial charge >= 0.3 is 0 Å². The normalized spacial score (nSPS) is 17.9. The van der Waals surface area contributed by atoms with Gasteiger partial charge in [0.05, 0.1) is 0 Å². The first kappa shape index (κ1) is 16.5. The molecule has 0 aromatic heterocycles. The molecular formula is C20H33N. The highest BCUT2D eigenvalue weighted by Gasteiger charge is 2.18. The average molecular weight is 287 g/mol. The van der Waals surface area contributed by atoms with E-state index in [0.717, 1.165) is 18.8 Å². The summed E-state index contributed by atoms with van der Waals surface area (Å²) in [5.41, 5.74) is 4.55. The third-order valence-electron chi connectivity index (χ3n) is 5.31. The fourth-order valence-electron chi connectivity index (χ4n) is 3.84. The molecule has 1 aliphatic rings. The van der Waals surface area contributed by atoms with Crippen molar-refractivity contribution in [3.63, 3.8) is 0 Å². The predicted molar refractivity (Wildman–Crippen MR) is 92.8 cm³/mol. The lowest BCUT2D eigenvalue weighted by atomic mass is 9.83. The van der Waals surface area contributed by atoms with E-state index in [9.17, 15) is 0 Å². The van der Waals surface area contributed by atoms with Crippen LogP contribution in [0.2, 0.25) is 0 Å². The first-order chi connectivity index (χ1) is 10.3. The molecule has 118 valence electrons. The highest BCUT2D eigenvalue weighted by Crippen LogP contribution is 2.31. The molecule has 1 atom stereocenters. The lowest BCUT2D eigenvalue weighted by Crippen LogP contribution is -2.20. The SMILES string of the molecule is CCc1ccc(CC)c(C(CCC2CCCCC2)NC)c1. The largest absolute Gasteiger partial charge is 0.313 e. The van der Waals surface area contributed by atoms with Gasteiger partial charge in [0.15, 0.2) is 0 Å². The molecule has 0 aliphatic heterocycles. The van der Waals surface area contributed by atoms with Crippen LogP contribution in [-0.2, 0) is 12.8 Å². The first-order valence-electron chi connectivity index (χ1n) is 9.07. The van der Waals surface area contributed by atoms with Gasteiger partial charge in [-0.3, -0.25) is 0 Å². The number of benzene rings is 1. The highest BCUT2D eigenvalue weighted by atomic mass is 14.9. The monoisotopic (exact) mass is 287 g/mol. The van der Waals surface area contributed by atoms with Gasteiger partial charge < -0.3 is 5.32 Å². The van der Waals surface area contributed by atoms with Crippen LogP contribution in [0.3, 0.4) is 0 Å². The van der Waals surface area contributed by atoms with Crippen LogP contribution in [-0.4, -0.2) is 7.05 Å². The molecule has 21 heavy (non-hydrogen) atoms. The number of aryl methyl sites for hydroxylation is 2. The van der Waals surface area contributed by atoms with Crippen molar-refractivity contribution >= 4 is 0 Å². The summed E-state index contributed by atoms with van der Waals surface area (Å²) in [4.78, 5) is 0. The molecule has 1 aromatic carbocycles. The Bertz CT molecular complexity index is 418. The van der Waals surface area contributed by atoms with E-state index in [0.29, 0.717) is 6.04 Å². The van der Waals surface area contributed by atoms with E-state index in [1.807, 2.05) is 0 Å². The minimum atomic E-state index is 0.536. The van der Waals surface area contributed by atoms with Crippen LogP contribution in [0.25, 0.3) is 0 Å². The van der Waals surface area contributed by atoms with Crippen molar-refractivity contribution < 1.29 is 0 Å². The van der Waals surface area contributed by atoms with Gasteiger partial charge in [-0.15, -0.1) is 0 Å². The van der Waals surface area contributed by atoms with Crippen LogP contribution in [0.5, 0.6) is 0 Å². The van der Waals surface area contributed by atoms with Crippen LogP contribution >= 0.6 is 0 Å². The third kappa shape index (κ3) is 4.57. The molecule has 1 aromatic rings. The lowest BCUT2D eigenvalue weighted by Gasteiger charge is -2.25. The molecule has 0 spiro atoms. The van der Waals surface area contributed by atoms with Gasteiger partial charge in [0.25, 0.3) is 0 Å². The quantitative estimate of drug-likeness (QED) is 0.705. The molecule has 1 heteroatoms. The maximum Gasteiger partial charge on any atom is 0.0320 e. The van der Waals surface area contributed by atoms with Crippen molar-refractivity contribution in [3.8, 4) is 0 Å². The van der Waals surface area contributed by atoms with Crippen molar-refractivity contribution in [3.05, 3.63) is 34.9 Å². The van der Waals surface area contributed by atoms with E-state index in [4.69, 9.17) is 0 Å². The molecule has 0 saturated heterocycles. The minimum Gasteiger partial charge on any atom is -0.313 e. The summed E-state index contributed by atoms with van der Waals surface area (Å²) in [7, 11) is 2.13. The van der Waals surface area contributed by atoms with Crippen molar-refractivity contribution in [2.75, 3.05) is 7.05 Å². The summed E-state index contributed by atoms with van der Waals surface area (Å²) in [6.07, 6.45) is 12.3. The third-order valence-corrected chi connectivity index (χ3v) is 5.31. The second-order valence-corrected chi connectivity index (χ2v) is 6.66. The average Bonchev–Trinajstić information content (AvgIpc) is 2.56. The van der Waals surface area contributed by atoms with E-state index >= 15 is 0 Å². The molecule has 1 aliphatic carbocycles. The zero-order valence-electron chi connectivity index (χ0n) is 14.3. The molecule has 0 heterocycles. The molecule has 1 fully saturated rings. The Morgan fingerprint density at radius 3 is 2.48 bits per heavy atom. The molecule has 1 saturated carbocycles. The standard InChI is InChI=1S/C20H33N/c1-4-16-11-13-18(5-2)19(15-16)20(21-3)14-12-17-9-7-6-8-10-17/h11,13,15,17,20-21H,4-10,12,14H2,1-3H3. The second kappa shape index (κ2) is 8.58. The number of hydrogen-bond donors (Lipinski definition) is 1. The van der Waals surface area contributed by atoms with E-state index in [1.165, 1.54) is 56.1 Å². The van der Waals surface area contributed by atoms with Crippen molar-refractivity contribution in [1.29, 1.82) is 0 Å². The maximum atomic E-state index is 3.58. The van der Waals surface area contributed by atoms with E-state index in [-0.39, 0.29) is 0 Å². The van der Waals surface area contributed by atoms with Crippen LogP contribution in [0, 0.1) is 5.92 Å². The Labute approximate surface area is 131 Å². The summed E-state index contributed by atoms with van der Waals surface area (Å²) in [6.45, 7) is 4.53. The number of rotatable bonds is 7. The van der Waals surface area contributed by atoms with Crippen molar-refractivity contribution in [2.45, 2.75) is 77.7 Å². The van der Waals surface area contributed by atoms with Crippen LogP contribution in [0.4, 0.5) is 0 Å². The Morgan fingerprint density at radius 1 is 1.10 bits per heavy atom. The van der Waals surface area contributed by atoms with E-state index in [1.54, 1.807) is 5.56 Å². The summed E-state index contributed by atoms with van der Waals surface area (Å²) in [5, 5.41) is 3.58. The molecule has 0 bridgehead atoms. The summed E-state index contributed by atoms with van der Waals surface area (Å²) < 4.78 is 0. The maximum absolute atomic E-state index is 3.58. The molecule has 0 radical (unpaired) electrons. The predicted octanol–water partition coefficient (Wildman–Crippen LogP) is 5.43. The van der Waals surface area contributed by atoms with Gasteiger partial charge in [-0.1, -0.05) is 64.2 Å². The Morgan fingerprint density at radius 2 is 1.86 bits per heavy atom. The van der Waals surface area contributed by atoms with Crippen LogP contribution in [0.1, 0.15) is 81.5 Å². The van der Waals surface area contributed by atoms with Gasteiger partial charge in [-0.25, -0.2) is 0 Å². The highest BCUT2D eigenvalue weighted by molar-refractivity contribution is 5.34.